The van der Waals surface area contributed by atoms with Crippen molar-refractivity contribution in [2.75, 3.05) is 11.9 Å². The maximum absolute atomic E-state index is 14.2. The minimum Gasteiger partial charge on any atom is -0.389 e. The lowest BCUT2D eigenvalue weighted by molar-refractivity contribution is 0.471. The largest absolute Gasteiger partial charge is 0.389 e. The van der Waals surface area contributed by atoms with Crippen molar-refractivity contribution in [3.05, 3.63) is 28.0 Å². The molecule has 0 aliphatic carbocycles. The third-order valence-electron chi connectivity index (χ3n) is 3.47. The monoisotopic (exact) mass is 360 g/mol. The van der Waals surface area contributed by atoms with Crippen molar-refractivity contribution in [3.8, 4) is 0 Å². The van der Waals surface area contributed by atoms with Gasteiger partial charge in [0.15, 0.2) is 5.82 Å². The van der Waals surface area contributed by atoms with Crippen LogP contribution < -0.4 is 11.1 Å². The normalized spacial score (nSPS) is 12.2. The highest BCUT2D eigenvalue weighted by Gasteiger charge is 2.14. The van der Waals surface area contributed by atoms with Crippen LogP contribution in [0.15, 0.2) is 16.6 Å². The van der Waals surface area contributed by atoms with Gasteiger partial charge in [0.05, 0.1) is 10.2 Å². The fraction of sp³-hybridized carbons (Fsp3) is 0.533. The minimum absolute atomic E-state index is 0.191. The van der Waals surface area contributed by atoms with Crippen LogP contribution in [0.1, 0.15) is 45.1 Å². The lowest BCUT2D eigenvalue weighted by Crippen LogP contribution is -2.16. The second kappa shape index (κ2) is 8.57. The molecule has 2 nitrogen and oxygen atoms in total. The average molecular weight is 361 g/mol. The first-order chi connectivity index (χ1) is 9.51. The SMILES string of the molecule is CCCCC(CC)CNc1ccc(C(N)=S)c(Br)c1F. The summed E-state index contributed by atoms with van der Waals surface area (Å²) in [6.07, 6.45) is 4.68. The van der Waals surface area contributed by atoms with Gasteiger partial charge in [-0.1, -0.05) is 45.3 Å². The van der Waals surface area contributed by atoms with Crippen LogP contribution >= 0.6 is 28.1 Å². The van der Waals surface area contributed by atoms with Gasteiger partial charge in [0.25, 0.3) is 0 Å². The third kappa shape index (κ3) is 4.70. The van der Waals surface area contributed by atoms with E-state index in [4.69, 9.17) is 18.0 Å². The first kappa shape index (κ1) is 17.4. The van der Waals surface area contributed by atoms with Crippen LogP contribution in [0, 0.1) is 11.7 Å². The van der Waals surface area contributed by atoms with Crippen LogP contribution in [0.3, 0.4) is 0 Å². The number of benzene rings is 1. The van der Waals surface area contributed by atoms with Crippen molar-refractivity contribution in [3.63, 3.8) is 0 Å². The zero-order valence-electron chi connectivity index (χ0n) is 12.0. The first-order valence-electron chi connectivity index (χ1n) is 7.02. The number of rotatable bonds is 8. The van der Waals surface area contributed by atoms with Crippen LogP contribution in [-0.2, 0) is 0 Å². The number of nitrogens with one attached hydrogen (secondary N) is 1. The fourth-order valence-electron chi connectivity index (χ4n) is 2.07. The minimum atomic E-state index is -0.333. The fourth-order valence-corrected chi connectivity index (χ4v) is 2.93. The Labute approximate surface area is 134 Å². The predicted molar refractivity (Wildman–Crippen MR) is 91.8 cm³/mol. The maximum atomic E-state index is 14.2. The number of thiocarbonyl (C=S) groups is 1. The van der Waals surface area contributed by atoms with Gasteiger partial charge in [-0.2, -0.15) is 0 Å². The Balaban J connectivity index is 2.73. The highest BCUT2D eigenvalue weighted by molar-refractivity contribution is 9.10. The summed E-state index contributed by atoms with van der Waals surface area (Å²) in [7, 11) is 0. The van der Waals surface area contributed by atoms with Gasteiger partial charge in [-0.25, -0.2) is 4.39 Å². The summed E-state index contributed by atoms with van der Waals surface area (Å²) in [5.41, 5.74) is 6.57. The molecule has 1 aromatic rings. The Bertz CT molecular complexity index is 465. The summed E-state index contributed by atoms with van der Waals surface area (Å²) in [5.74, 6) is 0.240. The quantitative estimate of drug-likeness (QED) is 0.650. The summed E-state index contributed by atoms with van der Waals surface area (Å²) in [6.45, 7) is 5.14. The van der Waals surface area contributed by atoms with Crippen molar-refractivity contribution in [1.82, 2.24) is 0 Å². The second-order valence-corrected chi connectivity index (χ2v) is 6.18. The number of halogens is 2. The molecule has 0 saturated carbocycles. The Morgan fingerprint density at radius 3 is 2.70 bits per heavy atom. The topological polar surface area (TPSA) is 38.0 Å². The van der Waals surface area contributed by atoms with Crippen molar-refractivity contribution in [2.24, 2.45) is 11.7 Å². The number of anilines is 1. The lowest BCUT2D eigenvalue weighted by Gasteiger charge is -2.17. The summed E-state index contributed by atoms with van der Waals surface area (Å²) < 4.78 is 14.5. The van der Waals surface area contributed by atoms with Crippen molar-refractivity contribution in [2.45, 2.75) is 39.5 Å². The summed E-state index contributed by atoms with van der Waals surface area (Å²) in [6, 6.07) is 3.44. The van der Waals surface area contributed by atoms with Gasteiger partial charge in [-0.3, -0.25) is 0 Å². The van der Waals surface area contributed by atoms with Crippen LogP contribution in [0.5, 0.6) is 0 Å². The molecule has 0 amide bonds. The highest BCUT2D eigenvalue weighted by Crippen LogP contribution is 2.27. The molecule has 0 spiro atoms. The second-order valence-electron chi connectivity index (χ2n) is 4.95. The van der Waals surface area contributed by atoms with E-state index in [1.165, 1.54) is 19.3 Å². The van der Waals surface area contributed by atoms with Crippen LogP contribution in [0.4, 0.5) is 10.1 Å². The van der Waals surface area contributed by atoms with Gasteiger partial charge in [0.2, 0.25) is 0 Å². The van der Waals surface area contributed by atoms with Crippen LogP contribution in [0.25, 0.3) is 0 Å². The zero-order valence-corrected chi connectivity index (χ0v) is 14.4. The molecule has 3 N–H and O–H groups in total. The lowest BCUT2D eigenvalue weighted by atomic mass is 9.99. The highest BCUT2D eigenvalue weighted by atomic mass is 79.9. The number of unbranched alkanes of at least 4 members (excludes halogenated alkanes) is 1. The molecule has 0 aliphatic heterocycles. The van der Waals surface area contributed by atoms with E-state index in [1.807, 2.05) is 0 Å². The van der Waals surface area contributed by atoms with Gasteiger partial charge >= 0.3 is 0 Å². The zero-order chi connectivity index (χ0) is 15.1. The summed E-state index contributed by atoms with van der Waals surface area (Å²) in [5, 5.41) is 3.19. The molecule has 1 unspecified atom stereocenters. The van der Waals surface area contributed by atoms with E-state index in [2.05, 4.69) is 35.1 Å². The van der Waals surface area contributed by atoms with Gasteiger partial charge in [0.1, 0.15) is 4.99 Å². The molecule has 1 aromatic carbocycles. The Morgan fingerprint density at radius 1 is 1.45 bits per heavy atom. The molecule has 0 fully saturated rings. The number of hydrogen-bond donors (Lipinski definition) is 2. The van der Waals surface area contributed by atoms with E-state index < -0.39 is 0 Å². The predicted octanol–water partition coefficient (Wildman–Crippen LogP) is 4.85. The number of hydrogen-bond acceptors (Lipinski definition) is 2. The molecular formula is C15H22BrFN2S. The maximum Gasteiger partial charge on any atom is 0.161 e. The molecule has 0 saturated heterocycles. The van der Waals surface area contributed by atoms with Crippen LogP contribution in [-0.4, -0.2) is 11.5 Å². The molecule has 1 rings (SSSR count). The molecule has 112 valence electrons. The Hall–Kier alpha value is -0.680. The van der Waals surface area contributed by atoms with Crippen molar-refractivity contribution in [1.29, 1.82) is 0 Å². The molecular weight excluding hydrogens is 339 g/mol. The Kier molecular flexibility index (Phi) is 7.45. The number of nitrogens with two attached hydrogens (primary N) is 1. The van der Waals surface area contributed by atoms with E-state index in [1.54, 1.807) is 12.1 Å². The van der Waals surface area contributed by atoms with E-state index in [9.17, 15) is 4.39 Å². The van der Waals surface area contributed by atoms with Gasteiger partial charge in [0, 0.05) is 12.1 Å². The third-order valence-corrected chi connectivity index (χ3v) is 4.47. The standard InChI is InChI=1S/C15H22BrFN2S/c1-3-5-6-10(4-2)9-19-12-8-7-11(15(18)20)13(16)14(12)17/h7-8,10,19H,3-6,9H2,1-2H3,(H2,18,20). The van der Waals surface area contributed by atoms with Crippen molar-refractivity contribution >= 4 is 38.8 Å². The van der Waals surface area contributed by atoms with Crippen molar-refractivity contribution < 1.29 is 4.39 Å². The molecule has 0 bridgehead atoms. The molecule has 0 aromatic heterocycles. The average Bonchev–Trinajstić information content (AvgIpc) is 2.43. The molecule has 0 aliphatic rings. The van der Waals surface area contributed by atoms with Gasteiger partial charge < -0.3 is 11.1 Å². The smallest absolute Gasteiger partial charge is 0.161 e. The summed E-state index contributed by atoms with van der Waals surface area (Å²) in [4.78, 5) is 0.191. The first-order valence-corrected chi connectivity index (χ1v) is 8.23. The molecule has 0 heterocycles. The van der Waals surface area contributed by atoms with Gasteiger partial charge in [-0.15, -0.1) is 0 Å². The molecule has 0 radical (unpaired) electrons. The van der Waals surface area contributed by atoms with E-state index in [0.29, 0.717) is 21.6 Å². The van der Waals surface area contributed by atoms with Crippen LogP contribution in [0.2, 0.25) is 0 Å². The van der Waals surface area contributed by atoms with E-state index in [-0.39, 0.29) is 10.8 Å². The molecule has 20 heavy (non-hydrogen) atoms. The van der Waals surface area contributed by atoms with E-state index >= 15 is 0 Å². The molecule has 5 heteroatoms. The molecule has 1 atom stereocenters. The Morgan fingerprint density at radius 2 is 2.15 bits per heavy atom. The van der Waals surface area contributed by atoms with Gasteiger partial charge in [-0.05, 0) is 40.4 Å². The van der Waals surface area contributed by atoms with E-state index in [0.717, 1.165) is 13.0 Å². The summed E-state index contributed by atoms with van der Waals surface area (Å²) >= 11 is 8.10.